The minimum atomic E-state index is 0.333. The molecule has 0 saturated carbocycles. The highest BCUT2D eigenvalue weighted by Crippen LogP contribution is 2.30. The molecule has 0 aromatic heterocycles. The van der Waals surface area contributed by atoms with Crippen LogP contribution in [0.2, 0.25) is 0 Å². The summed E-state index contributed by atoms with van der Waals surface area (Å²) in [6, 6.07) is 0. The quantitative estimate of drug-likeness (QED) is 0.349. The minimum Gasteiger partial charge on any atom is -0.369 e. The molecule has 0 bridgehead atoms. The summed E-state index contributed by atoms with van der Waals surface area (Å²) >= 11 is 9.06. The van der Waals surface area contributed by atoms with Gasteiger partial charge in [0.2, 0.25) is 0 Å². The molecule has 0 aromatic rings. The number of hydrogen-bond acceptors (Lipinski definition) is 3. The number of thiol groups is 1. The van der Waals surface area contributed by atoms with Crippen molar-refractivity contribution in [1.29, 1.82) is 0 Å². The van der Waals surface area contributed by atoms with Crippen molar-refractivity contribution in [3.05, 3.63) is 10.4 Å². The van der Waals surface area contributed by atoms with Gasteiger partial charge in [-0.1, -0.05) is 27.7 Å². The van der Waals surface area contributed by atoms with Gasteiger partial charge in [-0.15, -0.1) is 12.6 Å². The first-order chi connectivity index (χ1) is 3.29. The number of alkyl halides is 1. The molecule has 4 heteroatoms. The van der Waals surface area contributed by atoms with Gasteiger partial charge in [-0.3, -0.25) is 0 Å². The normalized spacial score (nSPS) is 29.4. The Kier molecular flexibility index (Phi) is 1.94. The molecule has 7 heavy (non-hydrogen) atoms. The average molecular weight is 198 g/mol. The van der Waals surface area contributed by atoms with Crippen molar-refractivity contribution < 1.29 is 0 Å². The fourth-order valence-corrected chi connectivity index (χ4v) is 2.36. The molecule has 1 heterocycles. The molecule has 1 atom stereocenters. The monoisotopic (exact) mass is 197 g/mol. The molecular formula is C3H4BrNS2. The maximum Gasteiger partial charge on any atom is 0.133 e. The van der Waals surface area contributed by atoms with Gasteiger partial charge >= 0.3 is 0 Å². The SMILES string of the molecule is SC1=CNC(Br)S1. The van der Waals surface area contributed by atoms with E-state index in [2.05, 4.69) is 33.9 Å². The number of halogens is 1. The van der Waals surface area contributed by atoms with Crippen molar-refractivity contribution in [3.8, 4) is 0 Å². The second kappa shape index (κ2) is 2.33. The van der Waals surface area contributed by atoms with E-state index < -0.39 is 0 Å². The predicted molar refractivity (Wildman–Crippen MR) is 40.5 cm³/mol. The van der Waals surface area contributed by atoms with Crippen LogP contribution in [0.4, 0.5) is 0 Å². The molecule has 0 spiro atoms. The topological polar surface area (TPSA) is 12.0 Å². The van der Waals surface area contributed by atoms with E-state index in [1.165, 1.54) is 0 Å². The molecule has 40 valence electrons. The minimum absolute atomic E-state index is 0.333. The molecule has 1 N–H and O–H groups in total. The zero-order valence-corrected chi connectivity index (χ0v) is 6.69. The first-order valence-corrected chi connectivity index (χ1v) is 3.99. The molecule has 1 nitrogen and oxygen atoms in total. The van der Waals surface area contributed by atoms with Crippen LogP contribution in [0.5, 0.6) is 0 Å². The van der Waals surface area contributed by atoms with Crippen LogP contribution < -0.4 is 5.32 Å². The predicted octanol–water partition coefficient (Wildman–Crippen LogP) is 1.73. The molecule has 1 aliphatic rings. The van der Waals surface area contributed by atoms with Crippen LogP contribution in [-0.4, -0.2) is 4.28 Å². The number of thioether (sulfide) groups is 1. The van der Waals surface area contributed by atoms with Gasteiger partial charge in [0.15, 0.2) is 0 Å². The van der Waals surface area contributed by atoms with E-state index in [-0.39, 0.29) is 0 Å². The van der Waals surface area contributed by atoms with Crippen LogP contribution in [-0.2, 0) is 0 Å². The summed E-state index contributed by atoms with van der Waals surface area (Å²) in [4.78, 5) is 0. The molecule has 0 fully saturated rings. The maximum atomic E-state index is 4.08. The zero-order chi connectivity index (χ0) is 5.28. The largest absolute Gasteiger partial charge is 0.369 e. The van der Waals surface area contributed by atoms with Crippen LogP contribution in [0.15, 0.2) is 10.4 Å². The molecule has 1 unspecified atom stereocenters. The van der Waals surface area contributed by atoms with Crippen LogP contribution >= 0.6 is 40.3 Å². The van der Waals surface area contributed by atoms with Crippen molar-refractivity contribution in [2.45, 2.75) is 4.28 Å². The second-order valence-corrected chi connectivity index (χ2v) is 4.54. The summed E-state index contributed by atoms with van der Waals surface area (Å²) in [5.74, 6) is 0. The first-order valence-electron chi connectivity index (χ1n) is 1.75. The number of rotatable bonds is 0. The molecule has 0 saturated heterocycles. The third kappa shape index (κ3) is 1.58. The molecule has 1 rings (SSSR count). The van der Waals surface area contributed by atoms with Gasteiger partial charge in [0, 0.05) is 6.20 Å². The Hall–Kier alpha value is 0.720. The van der Waals surface area contributed by atoms with Gasteiger partial charge < -0.3 is 5.32 Å². The molecule has 0 amide bonds. The highest BCUT2D eigenvalue weighted by atomic mass is 79.9. The third-order valence-corrected chi connectivity index (χ3v) is 2.53. The molecule has 0 aromatic carbocycles. The summed E-state index contributed by atoms with van der Waals surface area (Å²) in [6.07, 6.45) is 1.87. The zero-order valence-electron chi connectivity index (χ0n) is 3.39. The van der Waals surface area contributed by atoms with Crippen LogP contribution in [0, 0.1) is 0 Å². The van der Waals surface area contributed by atoms with Crippen LogP contribution in [0.25, 0.3) is 0 Å². The summed E-state index contributed by atoms with van der Waals surface area (Å²) in [7, 11) is 0. The van der Waals surface area contributed by atoms with Crippen molar-refractivity contribution in [2.75, 3.05) is 0 Å². The smallest absolute Gasteiger partial charge is 0.133 e. The standard InChI is InChI=1S/C3H4BrNS2/c4-3-5-1-2(6)7-3/h1,3,5-6H. The number of hydrogen-bond donors (Lipinski definition) is 2. The third-order valence-electron chi connectivity index (χ3n) is 0.562. The van der Waals surface area contributed by atoms with Crippen molar-refractivity contribution >= 4 is 40.3 Å². The Bertz CT molecular complexity index is 103. The molecule has 1 aliphatic heterocycles. The number of nitrogens with one attached hydrogen (secondary N) is 1. The highest BCUT2D eigenvalue weighted by molar-refractivity contribution is 9.11. The Morgan fingerprint density at radius 2 is 2.71 bits per heavy atom. The Morgan fingerprint density at radius 1 is 2.00 bits per heavy atom. The van der Waals surface area contributed by atoms with Gasteiger partial charge in [0.05, 0.1) is 4.24 Å². The van der Waals surface area contributed by atoms with Crippen molar-refractivity contribution in [1.82, 2.24) is 5.32 Å². The van der Waals surface area contributed by atoms with E-state index in [1.54, 1.807) is 11.8 Å². The fraction of sp³-hybridized carbons (Fsp3) is 0.333. The van der Waals surface area contributed by atoms with Crippen molar-refractivity contribution in [3.63, 3.8) is 0 Å². The lowest BCUT2D eigenvalue weighted by Crippen LogP contribution is -2.05. The van der Waals surface area contributed by atoms with Gasteiger partial charge in [-0.05, 0) is 0 Å². The second-order valence-electron chi connectivity index (χ2n) is 1.08. The Morgan fingerprint density at radius 3 is 2.86 bits per heavy atom. The van der Waals surface area contributed by atoms with Crippen LogP contribution in [0.1, 0.15) is 0 Å². The molecular weight excluding hydrogens is 194 g/mol. The average Bonchev–Trinajstić information content (AvgIpc) is 1.87. The highest BCUT2D eigenvalue weighted by Gasteiger charge is 2.08. The Labute approximate surface area is 60.5 Å². The van der Waals surface area contributed by atoms with Crippen molar-refractivity contribution in [2.24, 2.45) is 0 Å². The lowest BCUT2D eigenvalue weighted by molar-refractivity contribution is 1.04. The summed E-state index contributed by atoms with van der Waals surface area (Å²) in [6.45, 7) is 0. The van der Waals surface area contributed by atoms with E-state index in [0.717, 1.165) is 4.24 Å². The van der Waals surface area contributed by atoms with Crippen LogP contribution in [0.3, 0.4) is 0 Å². The van der Waals surface area contributed by atoms with Gasteiger partial charge in [-0.25, -0.2) is 0 Å². The summed E-state index contributed by atoms with van der Waals surface area (Å²) in [5, 5.41) is 3.01. The van der Waals surface area contributed by atoms with E-state index in [0.29, 0.717) is 4.28 Å². The van der Waals surface area contributed by atoms with E-state index in [4.69, 9.17) is 0 Å². The van der Waals surface area contributed by atoms with E-state index in [1.807, 2.05) is 6.20 Å². The molecule has 0 aliphatic carbocycles. The summed E-state index contributed by atoms with van der Waals surface area (Å²) < 4.78 is 1.36. The summed E-state index contributed by atoms with van der Waals surface area (Å²) in [5.41, 5.74) is 0. The van der Waals surface area contributed by atoms with Gasteiger partial charge in [-0.2, -0.15) is 0 Å². The fourth-order valence-electron chi connectivity index (χ4n) is 0.311. The lowest BCUT2D eigenvalue weighted by atomic mass is 11.0. The van der Waals surface area contributed by atoms with E-state index in [9.17, 15) is 0 Å². The van der Waals surface area contributed by atoms with E-state index >= 15 is 0 Å². The Balaban J connectivity index is 2.42. The lowest BCUT2D eigenvalue weighted by Gasteiger charge is -1.94. The first kappa shape index (κ1) is 5.85. The maximum absolute atomic E-state index is 4.08. The molecule has 0 radical (unpaired) electrons. The van der Waals surface area contributed by atoms with Gasteiger partial charge in [0.25, 0.3) is 0 Å². The van der Waals surface area contributed by atoms with Gasteiger partial charge in [0.1, 0.15) is 4.28 Å².